The van der Waals surface area contributed by atoms with Crippen LogP contribution < -0.4 is 10.1 Å². The van der Waals surface area contributed by atoms with Crippen molar-refractivity contribution in [1.29, 1.82) is 0 Å². The first-order valence-electron chi connectivity index (χ1n) is 8.53. The summed E-state index contributed by atoms with van der Waals surface area (Å²) < 4.78 is 12.7. The van der Waals surface area contributed by atoms with Gasteiger partial charge in [0.15, 0.2) is 5.16 Å². The summed E-state index contributed by atoms with van der Waals surface area (Å²) in [5.41, 5.74) is 0.917. The van der Waals surface area contributed by atoms with Gasteiger partial charge in [0.2, 0.25) is 5.91 Å². The highest BCUT2D eigenvalue weighted by atomic mass is 32.2. The fraction of sp³-hybridized carbons (Fsp3) is 0.316. The van der Waals surface area contributed by atoms with Gasteiger partial charge in [-0.2, -0.15) is 0 Å². The van der Waals surface area contributed by atoms with E-state index < -0.39 is 0 Å². The summed E-state index contributed by atoms with van der Waals surface area (Å²) in [5, 5.41) is 11.9. The zero-order valence-electron chi connectivity index (χ0n) is 15.7. The predicted molar refractivity (Wildman–Crippen MR) is 103 cm³/mol. The first-order valence-corrected chi connectivity index (χ1v) is 9.51. The van der Waals surface area contributed by atoms with Gasteiger partial charge in [-0.15, -0.1) is 10.2 Å². The molecule has 1 aromatic carbocycles. The number of aromatic nitrogens is 3. The van der Waals surface area contributed by atoms with Crippen LogP contribution in [0.2, 0.25) is 0 Å². The standard InChI is InChI=1S/C19H22N4O3S/c1-12-5-10-17(26-12)13(2)20-18(24)11-27-19-22-21-14(3)23(19)15-6-8-16(25-4)9-7-15/h5-10,13H,11H2,1-4H3,(H,20,24). The molecule has 2 aromatic heterocycles. The summed E-state index contributed by atoms with van der Waals surface area (Å²) in [7, 11) is 1.63. The molecule has 27 heavy (non-hydrogen) atoms. The number of nitrogens with one attached hydrogen (secondary N) is 1. The molecule has 2 heterocycles. The van der Waals surface area contributed by atoms with Crippen molar-refractivity contribution in [2.24, 2.45) is 0 Å². The highest BCUT2D eigenvalue weighted by Gasteiger charge is 2.16. The van der Waals surface area contributed by atoms with Crippen molar-refractivity contribution >= 4 is 17.7 Å². The number of aryl methyl sites for hydroxylation is 2. The molecule has 0 radical (unpaired) electrons. The van der Waals surface area contributed by atoms with Crippen molar-refractivity contribution in [1.82, 2.24) is 20.1 Å². The van der Waals surface area contributed by atoms with E-state index in [4.69, 9.17) is 9.15 Å². The molecular weight excluding hydrogens is 364 g/mol. The third-order valence-corrected chi connectivity index (χ3v) is 4.95. The van der Waals surface area contributed by atoms with Gasteiger partial charge in [0.25, 0.3) is 0 Å². The summed E-state index contributed by atoms with van der Waals surface area (Å²) in [5.74, 6) is 3.23. The van der Waals surface area contributed by atoms with Gasteiger partial charge in [-0.25, -0.2) is 0 Å². The summed E-state index contributed by atoms with van der Waals surface area (Å²) >= 11 is 1.34. The summed E-state index contributed by atoms with van der Waals surface area (Å²) in [4.78, 5) is 12.3. The monoisotopic (exact) mass is 386 g/mol. The number of hydrogen-bond acceptors (Lipinski definition) is 6. The van der Waals surface area contributed by atoms with E-state index in [1.165, 1.54) is 11.8 Å². The number of furan rings is 1. The van der Waals surface area contributed by atoms with E-state index in [2.05, 4.69) is 15.5 Å². The summed E-state index contributed by atoms with van der Waals surface area (Å²) in [6.07, 6.45) is 0. The van der Waals surface area contributed by atoms with Crippen molar-refractivity contribution in [2.45, 2.75) is 32.0 Å². The smallest absolute Gasteiger partial charge is 0.231 e. The van der Waals surface area contributed by atoms with Crippen LogP contribution in [0.15, 0.2) is 46.0 Å². The van der Waals surface area contributed by atoms with Crippen molar-refractivity contribution in [3.8, 4) is 11.4 Å². The Hall–Kier alpha value is -2.74. The van der Waals surface area contributed by atoms with Crippen LogP contribution in [0.5, 0.6) is 5.75 Å². The van der Waals surface area contributed by atoms with Crippen molar-refractivity contribution in [3.05, 3.63) is 53.7 Å². The minimum absolute atomic E-state index is 0.0940. The minimum Gasteiger partial charge on any atom is -0.497 e. The molecule has 0 aliphatic rings. The number of rotatable bonds is 7. The second-order valence-corrected chi connectivity index (χ2v) is 7.03. The lowest BCUT2D eigenvalue weighted by Crippen LogP contribution is -2.28. The number of ether oxygens (including phenoxy) is 1. The van der Waals surface area contributed by atoms with Crippen molar-refractivity contribution in [3.63, 3.8) is 0 Å². The number of benzene rings is 1. The molecule has 1 unspecified atom stereocenters. The highest BCUT2D eigenvalue weighted by molar-refractivity contribution is 7.99. The summed E-state index contributed by atoms with van der Waals surface area (Å²) in [6, 6.07) is 11.2. The van der Waals surface area contributed by atoms with Crippen molar-refractivity contribution < 1.29 is 13.9 Å². The fourth-order valence-corrected chi connectivity index (χ4v) is 3.44. The lowest BCUT2D eigenvalue weighted by atomic mass is 10.2. The Labute approximate surface area is 162 Å². The molecule has 7 nitrogen and oxygen atoms in total. The van der Waals surface area contributed by atoms with Crippen LogP contribution in [0.1, 0.15) is 30.3 Å². The number of nitrogens with zero attached hydrogens (tertiary/aromatic N) is 3. The van der Waals surface area contributed by atoms with E-state index in [1.807, 2.05) is 61.7 Å². The first kappa shape index (κ1) is 19.0. The van der Waals surface area contributed by atoms with E-state index >= 15 is 0 Å². The number of amides is 1. The molecule has 0 saturated carbocycles. The molecular formula is C19H22N4O3S. The number of hydrogen-bond donors (Lipinski definition) is 1. The highest BCUT2D eigenvalue weighted by Crippen LogP contribution is 2.24. The van der Waals surface area contributed by atoms with Gasteiger partial charge < -0.3 is 14.5 Å². The number of methoxy groups -OCH3 is 1. The van der Waals surface area contributed by atoms with Crippen LogP contribution in [0, 0.1) is 13.8 Å². The molecule has 0 fully saturated rings. The third kappa shape index (κ3) is 4.51. The van der Waals surface area contributed by atoms with E-state index in [9.17, 15) is 4.79 Å². The van der Waals surface area contributed by atoms with Gasteiger partial charge in [-0.3, -0.25) is 9.36 Å². The molecule has 3 rings (SSSR count). The maximum Gasteiger partial charge on any atom is 0.231 e. The summed E-state index contributed by atoms with van der Waals surface area (Å²) in [6.45, 7) is 5.65. The van der Waals surface area contributed by atoms with Gasteiger partial charge in [0.1, 0.15) is 23.1 Å². The van der Waals surface area contributed by atoms with Crippen LogP contribution in [0.25, 0.3) is 5.69 Å². The Morgan fingerprint density at radius 2 is 1.96 bits per heavy atom. The Bertz CT molecular complexity index is 917. The molecule has 8 heteroatoms. The molecule has 142 valence electrons. The number of carbonyl (C=O) groups excluding carboxylic acids is 1. The van der Waals surface area contributed by atoms with Crippen LogP contribution >= 0.6 is 11.8 Å². The minimum atomic E-state index is -0.187. The molecule has 0 saturated heterocycles. The largest absolute Gasteiger partial charge is 0.497 e. The van der Waals surface area contributed by atoms with Crippen LogP contribution in [-0.2, 0) is 4.79 Å². The average Bonchev–Trinajstić information content (AvgIpc) is 3.26. The SMILES string of the molecule is COc1ccc(-n2c(C)nnc2SCC(=O)NC(C)c2ccc(C)o2)cc1. The van der Waals surface area contributed by atoms with E-state index in [0.717, 1.165) is 28.8 Å². The van der Waals surface area contributed by atoms with Gasteiger partial charge in [0.05, 0.1) is 18.9 Å². The lowest BCUT2D eigenvalue weighted by molar-refractivity contribution is -0.119. The van der Waals surface area contributed by atoms with E-state index in [0.29, 0.717) is 5.16 Å². The van der Waals surface area contributed by atoms with Crippen LogP contribution in [0.4, 0.5) is 0 Å². The maximum atomic E-state index is 12.3. The zero-order valence-corrected chi connectivity index (χ0v) is 16.5. The van der Waals surface area contributed by atoms with E-state index in [-0.39, 0.29) is 17.7 Å². The van der Waals surface area contributed by atoms with Crippen molar-refractivity contribution in [2.75, 3.05) is 12.9 Å². The Balaban J connectivity index is 1.65. The predicted octanol–water partition coefficient (Wildman–Crippen LogP) is 3.46. The normalized spacial score (nSPS) is 12.0. The fourth-order valence-electron chi connectivity index (χ4n) is 2.64. The average molecular weight is 386 g/mol. The second kappa shape index (κ2) is 8.30. The van der Waals surface area contributed by atoms with Gasteiger partial charge in [0, 0.05) is 5.69 Å². The molecule has 0 bridgehead atoms. The molecule has 3 aromatic rings. The van der Waals surface area contributed by atoms with Crippen LogP contribution in [-0.4, -0.2) is 33.5 Å². The number of thioether (sulfide) groups is 1. The topological polar surface area (TPSA) is 82.2 Å². The Morgan fingerprint density at radius 3 is 2.59 bits per heavy atom. The Morgan fingerprint density at radius 1 is 1.22 bits per heavy atom. The zero-order chi connectivity index (χ0) is 19.4. The molecule has 1 N–H and O–H groups in total. The molecule has 0 aliphatic carbocycles. The van der Waals surface area contributed by atoms with Gasteiger partial charge in [-0.1, -0.05) is 11.8 Å². The molecule has 1 amide bonds. The molecule has 0 aliphatic heterocycles. The van der Waals surface area contributed by atoms with Gasteiger partial charge in [-0.05, 0) is 57.2 Å². The first-order chi connectivity index (χ1) is 13.0. The Kier molecular flexibility index (Phi) is 5.85. The quantitative estimate of drug-likeness (QED) is 0.626. The van der Waals surface area contributed by atoms with Gasteiger partial charge >= 0.3 is 0 Å². The van der Waals surface area contributed by atoms with E-state index in [1.54, 1.807) is 7.11 Å². The third-order valence-electron chi connectivity index (χ3n) is 4.02. The second-order valence-electron chi connectivity index (χ2n) is 6.09. The lowest BCUT2D eigenvalue weighted by Gasteiger charge is -2.12. The number of carbonyl (C=O) groups is 1. The maximum absolute atomic E-state index is 12.3. The molecule has 0 spiro atoms. The molecule has 1 atom stereocenters. The van der Waals surface area contributed by atoms with Crippen LogP contribution in [0.3, 0.4) is 0 Å².